The minimum absolute atomic E-state index is 0.0943. The molecule has 8 nitrogen and oxygen atoms in total. The second-order valence-corrected chi connectivity index (χ2v) is 6.03. The summed E-state index contributed by atoms with van der Waals surface area (Å²) in [5.41, 5.74) is 1.39. The topological polar surface area (TPSA) is 97.6 Å². The molecule has 2 aromatic heterocycles. The lowest BCUT2D eigenvalue weighted by Gasteiger charge is -2.35. The van der Waals surface area contributed by atoms with Crippen LogP contribution in [0.4, 0.5) is 15.0 Å². The summed E-state index contributed by atoms with van der Waals surface area (Å²) in [6.45, 7) is 0. The minimum Gasteiger partial charge on any atom is -0.463 e. The van der Waals surface area contributed by atoms with Gasteiger partial charge in [0, 0.05) is 23.9 Å². The summed E-state index contributed by atoms with van der Waals surface area (Å²) < 4.78 is 23.3. The number of rotatable bonds is 2. The van der Waals surface area contributed by atoms with Crippen LogP contribution in [0.5, 0.6) is 0 Å². The maximum absolute atomic E-state index is 13.9. The van der Waals surface area contributed by atoms with Gasteiger partial charge in [-0.05, 0) is 30.9 Å². The number of urea groups is 1. The third-order valence-corrected chi connectivity index (χ3v) is 4.71. The van der Waals surface area contributed by atoms with E-state index in [1.807, 2.05) is 0 Å². The number of halogens is 1. The summed E-state index contributed by atoms with van der Waals surface area (Å²) in [7, 11) is 1.22. The van der Waals surface area contributed by atoms with Gasteiger partial charge in [-0.25, -0.2) is 14.6 Å². The van der Waals surface area contributed by atoms with E-state index in [1.54, 1.807) is 11.0 Å². The Bertz CT molecular complexity index is 852. The van der Waals surface area contributed by atoms with Crippen molar-refractivity contribution in [2.45, 2.75) is 31.3 Å². The fourth-order valence-electron chi connectivity index (χ4n) is 3.63. The van der Waals surface area contributed by atoms with E-state index in [9.17, 15) is 14.0 Å². The number of carbonyl (C=O) groups is 2. The number of ether oxygens (including phenoxy) is 1. The van der Waals surface area contributed by atoms with E-state index < -0.39 is 11.9 Å². The van der Waals surface area contributed by atoms with Gasteiger partial charge in [0.15, 0.2) is 5.82 Å². The molecular weight excluding hydrogens is 331 g/mol. The van der Waals surface area contributed by atoms with Crippen LogP contribution in [0.15, 0.2) is 22.9 Å². The number of carbonyl (C=O) groups excluding carboxylic acids is 2. The monoisotopic (exact) mass is 346 g/mol. The Balaban J connectivity index is 1.55. The quantitative estimate of drug-likeness (QED) is 0.662. The standard InChI is InChI=1S/C16H15FN4O4/c1-24-15(22)12-7-13(20-25-12)19-16(23)21-8-2-3-11(21)9-4-5-18-14(17)10(9)6-8/h4-5,7-8,11H,2-3,6H2,1H3,(H,19,20,23). The van der Waals surface area contributed by atoms with Crippen molar-refractivity contribution >= 4 is 17.8 Å². The highest BCUT2D eigenvalue weighted by atomic mass is 19.1. The van der Waals surface area contributed by atoms with E-state index in [-0.39, 0.29) is 29.7 Å². The number of anilines is 1. The molecule has 4 heterocycles. The number of aromatic nitrogens is 2. The van der Waals surface area contributed by atoms with Gasteiger partial charge in [0.05, 0.1) is 13.2 Å². The van der Waals surface area contributed by atoms with Crippen LogP contribution in [-0.4, -0.2) is 40.2 Å². The molecule has 0 spiro atoms. The Morgan fingerprint density at radius 3 is 3.08 bits per heavy atom. The van der Waals surface area contributed by atoms with E-state index >= 15 is 0 Å². The number of nitrogens with zero attached hydrogens (tertiary/aromatic N) is 3. The Hall–Kier alpha value is -2.97. The maximum Gasteiger partial charge on any atom is 0.376 e. The molecule has 9 heteroatoms. The highest BCUT2D eigenvalue weighted by molar-refractivity contribution is 5.92. The van der Waals surface area contributed by atoms with Gasteiger partial charge < -0.3 is 14.2 Å². The first kappa shape index (κ1) is 15.6. The number of methoxy groups -OCH3 is 1. The van der Waals surface area contributed by atoms with Gasteiger partial charge in [0.25, 0.3) is 0 Å². The van der Waals surface area contributed by atoms with Crippen molar-refractivity contribution in [2.24, 2.45) is 0 Å². The van der Waals surface area contributed by atoms with Gasteiger partial charge in [-0.1, -0.05) is 5.16 Å². The molecule has 2 unspecified atom stereocenters. The molecule has 0 radical (unpaired) electrons. The van der Waals surface area contributed by atoms with Crippen molar-refractivity contribution in [2.75, 3.05) is 12.4 Å². The maximum atomic E-state index is 13.9. The number of nitrogens with one attached hydrogen (secondary N) is 1. The lowest BCUT2D eigenvalue weighted by Crippen LogP contribution is -2.44. The number of hydrogen-bond acceptors (Lipinski definition) is 6. The smallest absolute Gasteiger partial charge is 0.376 e. The molecule has 0 aromatic carbocycles. The predicted octanol–water partition coefficient (Wildman–Crippen LogP) is 2.29. The summed E-state index contributed by atoms with van der Waals surface area (Å²) in [4.78, 5) is 29.5. The van der Waals surface area contributed by atoms with E-state index in [4.69, 9.17) is 4.52 Å². The lowest BCUT2D eigenvalue weighted by molar-refractivity contribution is 0.0554. The molecule has 2 aliphatic heterocycles. The van der Waals surface area contributed by atoms with Crippen LogP contribution >= 0.6 is 0 Å². The molecule has 25 heavy (non-hydrogen) atoms. The Kier molecular flexibility index (Phi) is 3.63. The van der Waals surface area contributed by atoms with Crippen molar-refractivity contribution in [1.82, 2.24) is 15.0 Å². The summed E-state index contributed by atoms with van der Waals surface area (Å²) >= 11 is 0. The van der Waals surface area contributed by atoms with Gasteiger partial charge in [0.2, 0.25) is 11.7 Å². The second-order valence-electron chi connectivity index (χ2n) is 6.03. The Morgan fingerprint density at radius 2 is 2.28 bits per heavy atom. The van der Waals surface area contributed by atoms with Crippen LogP contribution < -0.4 is 5.32 Å². The SMILES string of the molecule is COC(=O)c1cc(NC(=O)N2C3CCC2c2ccnc(F)c2C3)no1. The average Bonchev–Trinajstić information content (AvgIpc) is 3.19. The molecule has 130 valence electrons. The summed E-state index contributed by atoms with van der Waals surface area (Å²) in [5.74, 6) is -1.12. The van der Waals surface area contributed by atoms with Gasteiger partial charge in [-0.15, -0.1) is 0 Å². The van der Waals surface area contributed by atoms with Crippen LogP contribution in [0.3, 0.4) is 0 Å². The van der Waals surface area contributed by atoms with E-state index in [0.29, 0.717) is 12.0 Å². The molecule has 2 amide bonds. The van der Waals surface area contributed by atoms with E-state index in [0.717, 1.165) is 18.4 Å². The van der Waals surface area contributed by atoms with E-state index in [1.165, 1.54) is 19.4 Å². The molecule has 1 saturated heterocycles. The summed E-state index contributed by atoms with van der Waals surface area (Å²) in [5, 5.41) is 6.27. The zero-order valence-electron chi connectivity index (χ0n) is 13.4. The van der Waals surface area contributed by atoms with Gasteiger partial charge in [0.1, 0.15) is 0 Å². The molecular formula is C16H15FN4O4. The Morgan fingerprint density at radius 1 is 1.44 bits per heavy atom. The first-order valence-corrected chi connectivity index (χ1v) is 7.86. The number of amides is 2. The van der Waals surface area contributed by atoms with Crippen molar-refractivity contribution in [3.05, 3.63) is 41.2 Å². The van der Waals surface area contributed by atoms with Gasteiger partial charge in [-0.2, -0.15) is 4.39 Å². The minimum atomic E-state index is -0.678. The number of fused-ring (bicyclic) bond motifs is 4. The first-order valence-electron chi connectivity index (χ1n) is 7.86. The van der Waals surface area contributed by atoms with Crippen LogP contribution in [0.2, 0.25) is 0 Å². The highest BCUT2D eigenvalue weighted by Crippen LogP contribution is 2.44. The number of pyridine rings is 1. The van der Waals surface area contributed by atoms with Crippen molar-refractivity contribution in [1.29, 1.82) is 0 Å². The van der Waals surface area contributed by atoms with Crippen LogP contribution in [0, 0.1) is 5.95 Å². The second kappa shape index (κ2) is 5.83. The molecule has 0 saturated carbocycles. The van der Waals surface area contributed by atoms with Gasteiger partial charge in [-0.3, -0.25) is 5.32 Å². The third kappa shape index (κ3) is 2.51. The molecule has 2 bridgehead atoms. The molecule has 2 aliphatic rings. The zero-order chi connectivity index (χ0) is 17.6. The highest BCUT2D eigenvalue weighted by Gasteiger charge is 2.43. The molecule has 1 N–H and O–H groups in total. The van der Waals surface area contributed by atoms with Crippen LogP contribution in [0.1, 0.15) is 40.6 Å². The lowest BCUT2D eigenvalue weighted by atomic mass is 9.95. The van der Waals surface area contributed by atoms with Crippen LogP contribution in [-0.2, 0) is 11.2 Å². The summed E-state index contributed by atoms with van der Waals surface area (Å²) in [6, 6.07) is 2.41. The van der Waals surface area contributed by atoms with Crippen molar-refractivity contribution in [3.8, 4) is 0 Å². The van der Waals surface area contributed by atoms with Crippen LogP contribution in [0.25, 0.3) is 0 Å². The normalized spacial score (nSPS) is 21.0. The van der Waals surface area contributed by atoms with Gasteiger partial charge >= 0.3 is 12.0 Å². The van der Waals surface area contributed by atoms with Crippen molar-refractivity contribution in [3.63, 3.8) is 0 Å². The first-order chi connectivity index (χ1) is 12.1. The van der Waals surface area contributed by atoms with Crippen molar-refractivity contribution < 1.29 is 23.2 Å². The third-order valence-electron chi connectivity index (χ3n) is 4.71. The fourth-order valence-corrected chi connectivity index (χ4v) is 3.63. The molecule has 0 aliphatic carbocycles. The van der Waals surface area contributed by atoms with E-state index in [2.05, 4.69) is 20.2 Å². The zero-order valence-corrected chi connectivity index (χ0v) is 13.4. The number of hydrogen-bond donors (Lipinski definition) is 1. The fraction of sp³-hybridized carbons (Fsp3) is 0.375. The molecule has 1 fully saturated rings. The largest absolute Gasteiger partial charge is 0.463 e. The number of esters is 1. The predicted molar refractivity (Wildman–Crippen MR) is 82.4 cm³/mol. The average molecular weight is 346 g/mol. The summed E-state index contributed by atoms with van der Waals surface area (Å²) in [6.07, 6.45) is 3.41. The molecule has 2 atom stereocenters. The Labute approximate surface area is 141 Å². The molecule has 4 rings (SSSR count). The molecule has 2 aromatic rings.